The lowest BCUT2D eigenvalue weighted by molar-refractivity contribution is 0.0699. The first kappa shape index (κ1) is 8.74. The zero-order chi connectivity index (χ0) is 10.1. The molecule has 0 saturated heterocycles. The highest BCUT2D eigenvalue weighted by Gasteiger charge is 2.10. The number of carbonyl (C=O) groups is 1. The van der Waals surface area contributed by atoms with Gasteiger partial charge in [0.05, 0.1) is 16.6 Å². The van der Waals surface area contributed by atoms with E-state index in [4.69, 9.17) is 5.11 Å². The molecule has 14 heavy (non-hydrogen) atoms. The van der Waals surface area contributed by atoms with Gasteiger partial charge >= 0.3 is 5.97 Å². The lowest BCUT2D eigenvalue weighted by atomic mass is 10.2. The molecule has 0 aliphatic carbocycles. The van der Waals surface area contributed by atoms with Crippen LogP contribution in [0.1, 0.15) is 23.1 Å². The number of fused-ring (bicyclic) bond motifs is 1. The fourth-order valence-electron chi connectivity index (χ4n) is 1.43. The van der Waals surface area contributed by atoms with Crippen molar-refractivity contribution in [2.45, 2.75) is 13.3 Å². The molecular formula is C10H10N2O2. The van der Waals surface area contributed by atoms with E-state index in [-0.39, 0.29) is 5.56 Å². The number of nitrogens with zero attached hydrogens (tertiary/aromatic N) is 1. The topological polar surface area (TPSA) is 66.0 Å². The van der Waals surface area contributed by atoms with E-state index >= 15 is 0 Å². The van der Waals surface area contributed by atoms with Gasteiger partial charge in [-0.25, -0.2) is 9.78 Å². The number of para-hydroxylation sites is 1. The number of hydrogen-bond acceptors (Lipinski definition) is 2. The minimum atomic E-state index is -0.929. The summed E-state index contributed by atoms with van der Waals surface area (Å²) < 4.78 is 0. The second kappa shape index (κ2) is 3.14. The van der Waals surface area contributed by atoms with E-state index < -0.39 is 5.97 Å². The predicted molar refractivity (Wildman–Crippen MR) is 52.4 cm³/mol. The summed E-state index contributed by atoms with van der Waals surface area (Å²) in [6.07, 6.45) is 0.772. The van der Waals surface area contributed by atoms with Crippen LogP contribution in [-0.2, 0) is 6.42 Å². The Bertz CT molecular complexity index is 488. The summed E-state index contributed by atoms with van der Waals surface area (Å²) in [6, 6.07) is 5.08. The Morgan fingerprint density at radius 1 is 1.57 bits per heavy atom. The van der Waals surface area contributed by atoms with Gasteiger partial charge < -0.3 is 10.1 Å². The summed E-state index contributed by atoms with van der Waals surface area (Å²) in [6.45, 7) is 1.97. The number of aryl methyl sites for hydroxylation is 1. The van der Waals surface area contributed by atoms with E-state index in [1.165, 1.54) is 0 Å². The molecule has 0 fully saturated rings. The van der Waals surface area contributed by atoms with Crippen LogP contribution in [0.15, 0.2) is 18.2 Å². The third-order valence-electron chi connectivity index (χ3n) is 2.13. The molecule has 0 aliphatic heterocycles. The zero-order valence-electron chi connectivity index (χ0n) is 7.74. The fourth-order valence-corrected chi connectivity index (χ4v) is 1.43. The van der Waals surface area contributed by atoms with Crippen molar-refractivity contribution in [3.05, 3.63) is 29.6 Å². The van der Waals surface area contributed by atoms with Gasteiger partial charge in [0, 0.05) is 6.42 Å². The molecule has 2 aromatic rings. The van der Waals surface area contributed by atoms with Gasteiger partial charge in [-0.05, 0) is 12.1 Å². The second-order valence-electron chi connectivity index (χ2n) is 3.04. The van der Waals surface area contributed by atoms with Crippen molar-refractivity contribution in [2.24, 2.45) is 0 Å². The lowest BCUT2D eigenvalue weighted by Crippen LogP contribution is -1.96. The Balaban J connectivity index is 2.73. The van der Waals surface area contributed by atoms with Gasteiger partial charge in [-0.1, -0.05) is 13.0 Å². The molecule has 0 bridgehead atoms. The Hall–Kier alpha value is -1.84. The van der Waals surface area contributed by atoms with Crippen LogP contribution < -0.4 is 0 Å². The summed E-state index contributed by atoms with van der Waals surface area (Å²) in [5.74, 6) is -0.115. The molecule has 0 spiro atoms. The number of aromatic amines is 1. The third kappa shape index (κ3) is 1.25. The monoisotopic (exact) mass is 190 g/mol. The molecule has 0 atom stereocenters. The first-order valence-corrected chi connectivity index (χ1v) is 4.43. The van der Waals surface area contributed by atoms with Crippen molar-refractivity contribution in [1.29, 1.82) is 0 Å². The van der Waals surface area contributed by atoms with E-state index in [1.54, 1.807) is 18.2 Å². The molecule has 0 saturated carbocycles. The molecule has 0 radical (unpaired) electrons. The smallest absolute Gasteiger partial charge is 0.337 e. The molecule has 1 heterocycles. The van der Waals surface area contributed by atoms with E-state index in [0.717, 1.165) is 12.2 Å². The average molecular weight is 190 g/mol. The van der Waals surface area contributed by atoms with Crippen LogP contribution in [0.2, 0.25) is 0 Å². The number of H-pyrrole nitrogens is 1. The molecule has 0 unspecified atom stereocenters. The predicted octanol–water partition coefficient (Wildman–Crippen LogP) is 1.82. The molecule has 72 valence electrons. The quantitative estimate of drug-likeness (QED) is 0.759. The van der Waals surface area contributed by atoms with Crippen LogP contribution in [0.5, 0.6) is 0 Å². The zero-order valence-corrected chi connectivity index (χ0v) is 7.74. The van der Waals surface area contributed by atoms with Gasteiger partial charge in [-0.3, -0.25) is 0 Å². The summed E-state index contributed by atoms with van der Waals surface area (Å²) in [5.41, 5.74) is 1.59. The molecule has 2 N–H and O–H groups in total. The SMILES string of the molecule is CCc1nc2cccc(C(=O)O)c2[nH]1. The summed E-state index contributed by atoms with van der Waals surface area (Å²) >= 11 is 0. The number of nitrogens with one attached hydrogen (secondary N) is 1. The lowest BCUT2D eigenvalue weighted by Gasteiger charge is -1.94. The fraction of sp³-hybridized carbons (Fsp3) is 0.200. The van der Waals surface area contributed by atoms with Crippen LogP contribution in [0, 0.1) is 0 Å². The Labute approximate surface area is 80.6 Å². The van der Waals surface area contributed by atoms with Crippen molar-refractivity contribution >= 4 is 17.0 Å². The van der Waals surface area contributed by atoms with E-state index in [1.807, 2.05) is 6.92 Å². The van der Waals surface area contributed by atoms with E-state index in [2.05, 4.69) is 9.97 Å². The highest BCUT2D eigenvalue weighted by Crippen LogP contribution is 2.16. The first-order chi connectivity index (χ1) is 6.72. The average Bonchev–Trinajstić information content (AvgIpc) is 2.59. The van der Waals surface area contributed by atoms with Gasteiger partial charge in [0.15, 0.2) is 0 Å². The van der Waals surface area contributed by atoms with Crippen LogP contribution in [0.3, 0.4) is 0 Å². The number of carboxylic acid groups (broad SMARTS) is 1. The number of carboxylic acids is 1. The van der Waals surface area contributed by atoms with Crippen molar-refractivity contribution in [3.63, 3.8) is 0 Å². The number of rotatable bonds is 2. The normalized spacial score (nSPS) is 10.6. The number of aromatic carboxylic acids is 1. The molecule has 0 aliphatic rings. The minimum Gasteiger partial charge on any atom is -0.478 e. The summed E-state index contributed by atoms with van der Waals surface area (Å²) in [5, 5.41) is 8.92. The van der Waals surface area contributed by atoms with Crippen molar-refractivity contribution in [3.8, 4) is 0 Å². The maximum absolute atomic E-state index is 10.9. The molecular weight excluding hydrogens is 180 g/mol. The van der Waals surface area contributed by atoms with Crippen molar-refractivity contribution in [2.75, 3.05) is 0 Å². The maximum atomic E-state index is 10.9. The van der Waals surface area contributed by atoms with Gasteiger partial charge in [-0.2, -0.15) is 0 Å². The third-order valence-corrected chi connectivity index (χ3v) is 2.13. The Morgan fingerprint density at radius 2 is 2.36 bits per heavy atom. The molecule has 1 aromatic heterocycles. The standard InChI is InChI=1S/C10H10N2O2/c1-2-8-11-7-5-3-4-6(10(13)14)9(7)12-8/h3-5H,2H2,1H3,(H,11,12)(H,13,14). The molecule has 4 nitrogen and oxygen atoms in total. The highest BCUT2D eigenvalue weighted by molar-refractivity contribution is 6.00. The van der Waals surface area contributed by atoms with Crippen LogP contribution >= 0.6 is 0 Å². The number of hydrogen-bond donors (Lipinski definition) is 2. The number of imidazole rings is 1. The molecule has 0 amide bonds. The largest absolute Gasteiger partial charge is 0.478 e. The Kier molecular flexibility index (Phi) is 1.96. The van der Waals surface area contributed by atoms with Crippen LogP contribution in [-0.4, -0.2) is 21.0 Å². The van der Waals surface area contributed by atoms with Gasteiger partial charge in [0.2, 0.25) is 0 Å². The number of aromatic nitrogens is 2. The van der Waals surface area contributed by atoms with E-state index in [9.17, 15) is 4.79 Å². The van der Waals surface area contributed by atoms with Crippen molar-refractivity contribution in [1.82, 2.24) is 9.97 Å². The minimum absolute atomic E-state index is 0.273. The Morgan fingerprint density at radius 3 is 3.00 bits per heavy atom. The number of benzene rings is 1. The second-order valence-corrected chi connectivity index (χ2v) is 3.04. The molecule has 1 aromatic carbocycles. The highest BCUT2D eigenvalue weighted by atomic mass is 16.4. The molecule has 2 rings (SSSR count). The van der Waals surface area contributed by atoms with Gasteiger partial charge in [-0.15, -0.1) is 0 Å². The van der Waals surface area contributed by atoms with Crippen LogP contribution in [0.25, 0.3) is 11.0 Å². The maximum Gasteiger partial charge on any atom is 0.337 e. The van der Waals surface area contributed by atoms with Crippen LogP contribution in [0.4, 0.5) is 0 Å². The van der Waals surface area contributed by atoms with Gasteiger partial charge in [0.1, 0.15) is 5.82 Å². The first-order valence-electron chi connectivity index (χ1n) is 4.43. The van der Waals surface area contributed by atoms with Crippen molar-refractivity contribution < 1.29 is 9.90 Å². The summed E-state index contributed by atoms with van der Waals surface area (Å²) in [4.78, 5) is 18.1. The van der Waals surface area contributed by atoms with Gasteiger partial charge in [0.25, 0.3) is 0 Å². The summed E-state index contributed by atoms with van der Waals surface area (Å²) in [7, 11) is 0. The molecule has 4 heteroatoms. The van der Waals surface area contributed by atoms with E-state index in [0.29, 0.717) is 11.0 Å².